The molecule has 1 fully saturated rings. The summed E-state index contributed by atoms with van der Waals surface area (Å²) in [6.45, 7) is 2.90. The van der Waals surface area contributed by atoms with Crippen molar-refractivity contribution in [3.05, 3.63) is 70.3 Å². The molecular formula is C17H17N3O3. The SMILES string of the molecule is O=[N+]([O-])c1ccc(N=C(c2ccccc2)N2CCOCC2)cc1. The van der Waals surface area contributed by atoms with Crippen molar-refractivity contribution in [1.82, 2.24) is 4.90 Å². The zero-order valence-electron chi connectivity index (χ0n) is 12.6. The number of hydrogen-bond donors (Lipinski definition) is 0. The van der Waals surface area contributed by atoms with Crippen molar-refractivity contribution in [1.29, 1.82) is 0 Å². The first-order valence-electron chi connectivity index (χ1n) is 7.45. The van der Waals surface area contributed by atoms with Gasteiger partial charge in [0.2, 0.25) is 0 Å². The van der Waals surface area contributed by atoms with E-state index >= 15 is 0 Å². The van der Waals surface area contributed by atoms with Crippen LogP contribution in [0.1, 0.15) is 5.56 Å². The van der Waals surface area contributed by atoms with Crippen molar-refractivity contribution in [2.75, 3.05) is 26.3 Å². The smallest absolute Gasteiger partial charge is 0.269 e. The first kappa shape index (κ1) is 15.2. The number of hydrogen-bond acceptors (Lipinski definition) is 4. The third kappa shape index (κ3) is 3.73. The number of rotatable bonds is 3. The number of amidine groups is 1. The third-order valence-electron chi connectivity index (χ3n) is 3.64. The molecule has 23 heavy (non-hydrogen) atoms. The van der Waals surface area contributed by atoms with Gasteiger partial charge >= 0.3 is 0 Å². The van der Waals surface area contributed by atoms with E-state index in [1.165, 1.54) is 12.1 Å². The summed E-state index contributed by atoms with van der Waals surface area (Å²) >= 11 is 0. The fourth-order valence-electron chi connectivity index (χ4n) is 2.45. The molecule has 1 aliphatic rings. The molecule has 0 aliphatic carbocycles. The van der Waals surface area contributed by atoms with Gasteiger partial charge in [-0.1, -0.05) is 30.3 Å². The lowest BCUT2D eigenvalue weighted by atomic mass is 10.1. The molecule has 6 nitrogen and oxygen atoms in total. The average molecular weight is 311 g/mol. The van der Waals surface area contributed by atoms with Gasteiger partial charge in [-0.05, 0) is 12.1 Å². The number of ether oxygens (including phenoxy) is 1. The van der Waals surface area contributed by atoms with Crippen molar-refractivity contribution in [2.45, 2.75) is 0 Å². The van der Waals surface area contributed by atoms with E-state index in [2.05, 4.69) is 4.90 Å². The van der Waals surface area contributed by atoms with Gasteiger partial charge in [0.1, 0.15) is 5.84 Å². The topological polar surface area (TPSA) is 68.0 Å². The molecule has 0 bridgehead atoms. The molecule has 0 amide bonds. The summed E-state index contributed by atoms with van der Waals surface area (Å²) in [5.74, 6) is 0.864. The molecule has 2 aromatic rings. The summed E-state index contributed by atoms with van der Waals surface area (Å²) in [6, 6.07) is 16.2. The van der Waals surface area contributed by atoms with Crippen LogP contribution in [0.25, 0.3) is 0 Å². The number of non-ortho nitro benzene ring substituents is 1. The summed E-state index contributed by atoms with van der Waals surface area (Å²) in [5, 5.41) is 10.8. The molecule has 118 valence electrons. The van der Waals surface area contributed by atoms with E-state index in [4.69, 9.17) is 9.73 Å². The van der Waals surface area contributed by atoms with Crippen LogP contribution in [0.15, 0.2) is 59.6 Å². The number of aliphatic imine (C=N–C) groups is 1. The van der Waals surface area contributed by atoms with Gasteiger partial charge in [-0.2, -0.15) is 0 Å². The van der Waals surface area contributed by atoms with E-state index in [-0.39, 0.29) is 5.69 Å². The van der Waals surface area contributed by atoms with Gasteiger partial charge in [0.05, 0.1) is 23.8 Å². The normalized spacial score (nSPS) is 15.5. The zero-order chi connectivity index (χ0) is 16.1. The predicted molar refractivity (Wildman–Crippen MR) is 88.1 cm³/mol. The van der Waals surface area contributed by atoms with Crippen LogP contribution in [0, 0.1) is 10.1 Å². The van der Waals surface area contributed by atoms with Crippen LogP contribution in [0.3, 0.4) is 0 Å². The van der Waals surface area contributed by atoms with Gasteiger partial charge in [0.25, 0.3) is 5.69 Å². The highest BCUT2D eigenvalue weighted by Gasteiger charge is 2.17. The van der Waals surface area contributed by atoms with Crippen molar-refractivity contribution >= 4 is 17.2 Å². The second-order valence-electron chi connectivity index (χ2n) is 5.17. The Labute approximate surface area is 134 Å². The first-order chi connectivity index (χ1) is 11.2. The number of benzene rings is 2. The summed E-state index contributed by atoms with van der Waals surface area (Å²) in [6.07, 6.45) is 0. The van der Waals surface area contributed by atoms with Crippen LogP contribution < -0.4 is 0 Å². The van der Waals surface area contributed by atoms with Gasteiger partial charge < -0.3 is 9.64 Å². The maximum Gasteiger partial charge on any atom is 0.269 e. The van der Waals surface area contributed by atoms with E-state index in [1.807, 2.05) is 30.3 Å². The molecule has 1 saturated heterocycles. The minimum atomic E-state index is -0.409. The molecule has 2 aromatic carbocycles. The Bertz CT molecular complexity index is 693. The van der Waals surface area contributed by atoms with E-state index in [9.17, 15) is 10.1 Å². The highest BCUT2D eigenvalue weighted by atomic mass is 16.6. The molecule has 0 atom stereocenters. The lowest BCUT2D eigenvalue weighted by Gasteiger charge is -2.30. The first-order valence-corrected chi connectivity index (χ1v) is 7.45. The Hall–Kier alpha value is -2.73. The van der Waals surface area contributed by atoms with Gasteiger partial charge in [-0.25, -0.2) is 4.99 Å². The quantitative estimate of drug-likeness (QED) is 0.378. The van der Waals surface area contributed by atoms with Crippen molar-refractivity contribution in [2.24, 2.45) is 4.99 Å². The van der Waals surface area contributed by atoms with Crippen LogP contribution in [-0.4, -0.2) is 42.0 Å². The second-order valence-corrected chi connectivity index (χ2v) is 5.17. The highest BCUT2D eigenvalue weighted by Crippen LogP contribution is 2.20. The largest absolute Gasteiger partial charge is 0.378 e. The van der Waals surface area contributed by atoms with Gasteiger partial charge in [0, 0.05) is 30.8 Å². The lowest BCUT2D eigenvalue weighted by molar-refractivity contribution is -0.384. The number of nitrogens with zero attached hydrogens (tertiary/aromatic N) is 3. The number of nitro benzene ring substituents is 1. The fraction of sp³-hybridized carbons (Fsp3) is 0.235. The molecule has 1 aliphatic heterocycles. The average Bonchev–Trinajstić information content (AvgIpc) is 2.61. The third-order valence-corrected chi connectivity index (χ3v) is 3.64. The Morgan fingerprint density at radius 1 is 1.04 bits per heavy atom. The van der Waals surface area contributed by atoms with Crippen LogP contribution in [0.4, 0.5) is 11.4 Å². The molecular weight excluding hydrogens is 294 g/mol. The molecule has 0 N–H and O–H groups in total. The Kier molecular flexibility index (Phi) is 4.63. The standard InChI is InChI=1S/C17H17N3O3/c21-20(22)16-8-6-15(7-9-16)18-17(14-4-2-1-3-5-14)19-10-12-23-13-11-19/h1-9H,10-13H2. The second kappa shape index (κ2) is 7.02. The Morgan fingerprint density at radius 2 is 1.70 bits per heavy atom. The van der Waals surface area contributed by atoms with Gasteiger partial charge in [-0.3, -0.25) is 10.1 Å². The van der Waals surface area contributed by atoms with Crippen molar-refractivity contribution in [3.63, 3.8) is 0 Å². The number of nitro groups is 1. The van der Waals surface area contributed by atoms with Gasteiger partial charge in [0.15, 0.2) is 0 Å². The lowest BCUT2D eigenvalue weighted by Crippen LogP contribution is -2.41. The summed E-state index contributed by atoms with van der Waals surface area (Å²) in [4.78, 5) is 17.2. The predicted octanol–water partition coefficient (Wildman–Crippen LogP) is 3.01. The molecule has 0 saturated carbocycles. The molecule has 0 unspecified atom stereocenters. The van der Waals surface area contributed by atoms with E-state index in [1.54, 1.807) is 12.1 Å². The summed E-state index contributed by atoms with van der Waals surface area (Å²) in [7, 11) is 0. The molecule has 0 spiro atoms. The summed E-state index contributed by atoms with van der Waals surface area (Å²) < 4.78 is 5.41. The van der Waals surface area contributed by atoms with Crippen molar-refractivity contribution in [3.8, 4) is 0 Å². The molecule has 3 rings (SSSR count). The fourth-order valence-corrected chi connectivity index (χ4v) is 2.45. The van der Waals surface area contributed by atoms with E-state index < -0.39 is 4.92 Å². The maximum atomic E-state index is 10.8. The minimum Gasteiger partial charge on any atom is -0.378 e. The number of morpholine rings is 1. The van der Waals surface area contributed by atoms with E-state index in [0.717, 1.165) is 24.5 Å². The minimum absolute atomic E-state index is 0.0663. The summed E-state index contributed by atoms with van der Waals surface area (Å²) in [5.41, 5.74) is 1.78. The van der Waals surface area contributed by atoms with Crippen molar-refractivity contribution < 1.29 is 9.66 Å². The van der Waals surface area contributed by atoms with Crippen LogP contribution in [0.2, 0.25) is 0 Å². The van der Waals surface area contributed by atoms with Crippen LogP contribution in [0.5, 0.6) is 0 Å². The van der Waals surface area contributed by atoms with Crippen LogP contribution in [-0.2, 0) is 4.74 Å². The molecule has 0 radical (unpaired) electrons. The van der Waals surface area contributed by atoms with Gasteiger partial charge in [-0.15, -0.1) is 0 Å². The highest BCUT2D eigenvalue weighted by molar-refractivity contribution is 6.00. The monoisotopic (exact) mass is 311 g/mol. The van der Waals surface area contributed by atoms with Crippen LogP contribution >= 0.6 is 0 Å². The Balaban J connectivity index is 1.95. The molecule has 1 heterocycles. The molecule has 6 heteroatoms. The maximum absolute atomic E-state index is 10.8. The van der Waals surface area contributed by atoms with E-state index in [0.29, 0.717) is 18.9 Å². The Morgan fingerprint density at radius 3 is 2.30 bits per heavy atom. The zero-order valence-corrected chi connectivity index (χ0v) is 12.6. The molecule has 0 aromatic heterocycles.